The van der Waals surface area contributed by atoms with E-state index < -0.39 is 5.92 Å². The molecular weight excluding hydrogens is 170 g/mol. The molecule has 2 heteroatoms. The molecular formula is C11H13F2. The fourth-order valence-electron chi connectivity index (χ4n) is 1.10. The molecule has 0 saturated carbocycles. The van der Waals surface area contributed by atoms with Crippen molar-refractivity contribution in [3.05, 3.63) is 42.8 Å². The van der Waals surface area contributed by atoms with E-state index in [0.717, 1.165) is 5.56 Å². The maximum atomic E-state index is 12.8. The third-order valence-corrected chi connectivity index (χ3v) is 1.99. The van der Waals surface area contributed by atoms with E-state index in [1.165, 1.54) is 0 Å². The van der Waals surface area contributed by atoms with Crippen LogP contribution >= 0.6 is 0 Å². The Morgan fingerprint density at radius 3 is 2.31 bits per heavy atom. The minimum Gasteiger partial charge on any atom is -0.207 e. The van der Waals surface area contributed by atoms with Gasteiger partial charge in [0.15, 0.2) is 0 Å². The predicted molar refractivity (Wildman–Crippen MR) is 49.7 cm³/mol. The second-order valence-corrected chi connectivity index (χ2v) is 3.09. The highest BCUT2D eigenvalue weighted by Gasteiger charge is 2.25. The Hall–Kier alpha value is -0.920. The Balaban J connectivity index is 2.44. The zero-order valence-corrected chi connectivity index (χ0v) is 7.47. The molecule has 0 aliphatic rings. The van der Waals surface area contributed by atoms with Crippen molar-refractivity contribution in [1.29, 1.82) is 0 Å². The Morgan fingerprint density at radius 2 is 1.77 bits per heavy atom. The van der Waals surface area contributed by atoms with Crippen molar-refractivity contribution in [2.75, 3.05) is 0 Å². The van der Waals surface area contributed by atoms with Crippen molar-refractivity contribution in [1.82, 2.24) is 0 Å². The van der Waals surface area contributed by atoms with Gasteiger partial charge in [-0.15, -0.1) is 0 Å². The second kappa shape index (κ2) is 4.35. The van der Waals surface area contributed by atoms with Crippen molar-refractivity contribution >= 4 is 0 Å². The van der Waals surface area contributed by atoms with Crippen molar-refractivity contribution < 1.29 is 8.78 Å². The van der Waals surface area contributed by atoms with E-state index in [4.69, 9.17) is 0 Å². The number of aryl methyl sites for hydroxylation is 1. The van der Waals surface area contributed by atoms with Crippen molar-refractivity contribution in [3.8, 4) is 0 Å². The molecule has 0 aromatic heterocycles. The second-order valence-electron chi connectivity index (χ2n) is 3.09. The van der Waals surface area contributed by atoms with Crippen LogP contribution in [0.15, 0.2) is 30.3 Å². The Kier molecular flexibility index (Phi) is 3.40. The molecule has 0 fully saturated rings. The van der Waals surface area contributed by atoms with Crippen molar-refractivity contribution in [2.45, 2.75) is 25.2 Å². The van der Waals surface area contributed by atoms with Gasteiger partial charge in [0.25, 0.3) is 0 Å². The molecule has 0 saturated heterocycles. The molecule has 1 aromatic carbocycles. The van der Waals surface area contributed by atoms with Crippen LogP contribution in [0.5, 0.6) is 0 Å². The van der Waals surface area contributed by atoms with Gasteiger partial charge in [0, 0.05) is 12.8 Å². The first-order valence-electron chi connectivity index (χ1n) is 4.35. The summed E-state index contributed by atoms with van der Waals surface area (Å²) in [5.74, 6) is -2.62. The zero-order chi connectivity index (χ0) is 9.73. The van der Waals surface area contributed by atoms with Crippen LogP contribution in [0.2, 0.25) is 0 Å². The molecule has 0 heterocycles. The summed E-state index contributed by atoms with van der Waals surface area (Å²) in [4.78, 5) is 0. The van der Waals surface area contributed by atoms with Crippen molar-refractivity contribution in [3.63, 3.8) is 0 Å². The molecule has 0 bridgehead atoms. The fourth-order valence-corrected chi connectivity index (χ4v) is 1.10. The number of alkyl halides is 2. The lowest BCUT2D eigenvalue weighted by atomic mass is 10.1. The van der Waals surface area contributed by atoms with Crippen LogP contribution in [0.4, 0.5) is 8.78 Å². The van der Waals surface area contributed by atoms with Gasteiger partial charge in [0.1, 0.15) is 0 Å². The van der Waals surface area contributed by atoms with E-state index in [2.05, 4.69) is 6.92 Å². The summed E-state index contributed by atoms with van der Waals surface area (Å²) in [6, 6.07) is 9.32. The standard InChI is InChI=1S/C11H13F2/c1-2-11(12,13)9-8-10-6-4-3-5-7-10/h3-7H,1-2,8-9H2. The fraction of sp³-hybridized carbons (Fsp3) is 0.364. The number of rotatable bonds is 4. The summed E-state index contributed by atoms with van der Waals surface area (Å²) < 4.78 is 25.6. The maximum Gasteiger partial charge on any atom is 0.248 e. The molecule has 0 amide bonds. The van der Waals surface area contributed by atoms with Crippen LogP contribution < -0.4 is 0 Å². The molecule has 0 nitrogen and oxygen atoms in total. The topological polar surface area (TPSA) is 0 Å². The minimum absolute atomic E-state index is 0.111. The van der Waals surface area contributed by atoms with Gasteiger partial charge in [-0.25, -0.2) is 8.78 Å². The van der Waals surface area contributed by atoms with Crippen LogP contribution in [0.3, 0.4) is 0 Å². The quantitative estimate of drug-likeness (QED) is 0.670. The van der Waals surface area contributed by atoms with Gasteiger partial charge in [-0.2, -0.15) is 0 Å². The van der Waals surface area contributed by atoms with E-state index in [0.29, 0.717) is 6.42 Å². The molecule has 0 aliphatic heterocycles. The van der Waals surface area contributed by atoms with Gasteiger partial charge in [0.05, 0.1) is 0 Å². The molecule has 13 heavy (non-hydrogen) atoms. The zero-order valence-electron chi connectivity index (χ0n) is 7.47. The highest BCUT2D eigenvalue weighted by atomic mass is 19.3. The van der Waals surface area contributed by atoms with E-state index in [1.807, 2.05) is 30.3 Å². The average Bonchev–Trinajstić information content (AvgIpc) is 2.17. The molecule has 1 radical (unpaired) electrons. The highest BCUT2D eigenvalue weighted by Crippen LogP contribution is 2.23. The molecule has 0 N–H and O–H groups in total. The van der Waals surface area contributed by atoms with E-state index in [1.54, 1.807) is 0 Å². The van der Waals surface area contributed by atoms with E-state index in [9.17, 15) is 8.78 Å². The SMILES string of the molecule is [CH2]CC(F)(F)CCc1ccccc1. The van der Waals surface area contributed by atoms with Crippen LogP contribution in [0.25, 0.3) is 0 Å². The normalized spacial score (nSPS) is 11.6. The summed E-state index contributed by atoms with van der Waals surface area (Å²) in [6.45, 7) is 3.22. The predicted octanol–water partition coefficient (Wildman–Crippen LogP) is 3.48. The van der Waals surface area contributed by atoms with Gasteiger partial charge >= 0.3 is 0 Å². The summed E-state index contributed by atoms with van der Waals surface area (Å²) in [5.41, 5.74) is 0.954. The number of benzene rings is 1. The molecule has 1 aromatic rings. The van der Waals surface area contributed by atoms with Gasteiger partial charge < -0.3 is 0 Å². The first-order valence-corrected chi connectivity index (χ1v) is 4.35. The summed E-state index contributed by atoms with van der Waals surface area (Å²) in [5, 5.41) is 0. The largest absolute Gasteiger partial charge is 0.248 e. The summed E-state index contributed by atoms with van der Waals surface area (Å²) >= 11 is 0. The lowest BCUT2D eigenvalue weighted by Gasteiger charge is -2.12. The van der Waals surface area contributed by atoms with Gasteiger partial charge in [-0.05, 0) is 18.9 Å². The summed E-state index contributed by atoms with van der Waals surface area (Å²) in [6.07, 6.45) is -0.0102. The monoisotopic (exact) mass is 183 g/mol. The van der Waals surface area contributed by atoms with E-state index in [-0.39, 0.29) is 12.8 Å². The Bertz CT molecular complexity index is 242. The molecule has 1 rings (SSSR count). The molecule has 0 atom stereocenters. The Morgan fingerprint density at radius 1 is 1.15 bits per heavy atom. The average molecular weight is 183 g/mol. The number of hydrogen-bond donors (Lipinski definition) is 0. The van der Waals surface area contributed by atoms with Gasteiger partial charge in [-0.1, -0.05) is 30.3 Å². The van der Waals surface area contributed by atoms with Gasteiger partial charge in [0.2, 0.25) is 5.92 Å². The van der Waals surface area contributed by atoms with Crippen LogP contribution in [0.1, 0.15) is 18.4 Å². The Labute approximate surface area is 77.6 Å². The lowest BCUT2D eigenvalue weighted by molar-refractivity contribution is -0.00476. The first kappa shape index (κ1) is 10.2. The van der Waals surface area contributed by atoms with E-state index >= 15 is 0 Å². The molecule has 0 unspecified atom stereocenters. The van der Waals surface area contributed by atoms with Crippen LogP contribution in [0, 0.1) is 6.92 Å². The first-order chi connectivity index (χ1) is 6.14. The van der Waals surface area contributed by atoms with Gasteiger partial charge in [-0.3, -0.25) is 0 Å². The van der Waals surface area contributed by atoms with Crippen LogP contribution in [-0.2, 0) is 6.42 Å². The summed E-state index contributed by atoms with van der Waals surface area (Å²) in [7, 11) is 0. The number of hydrogen-bond acceptors (Lipinski definition) is 0. The highest BCUT2D eigenvalue weighted by molar-refractivity contribution is 5.14. The third-order valence-electron chi connectivity index (χ3n) is 1.99. The maximum absolute atomic E-state index is 12.8. The van der Waals surface area contributed by atoms with Crippen LogP contribution in [-0.4, -0.2) is 5.92 Å². The number of halogens is 2. The molecule has 71 valence electrons. The smallest absolute Gasteiger partial charge is 0.207 e. The minimum atomic E-state index is -2.62. The lowest BCUT2D eigenvalue weighted by Crippen LogP contribution is -2.15. The van der Waals surface area contributed by atoms with Crippen molar-refractivity contribution in [2.24, 2.45) is 0 Å². The molecule has 0 aliphatic carbocycles. The third kappa shape index (κ3) is 3.53. The molecule has 0 spiro atoms.